The molecule has 0 bridgehead atoms. The topological polar surface area (TPSA) is 38.6 Å². The molecule has 4 nitrogen and oxygen atoms in total. The molecule has 0 radical (unpaired) electrons. The molecule has 0 aliphatic rings. The van der Waals surface area contributed by atoms with Crippen molar-refractivity contribution >= 4 is 5.52 Å². The van der Waals surface area contributed by atoms with Crippen LogP contribution in [0.3, 0.4) is 0 Å². The van der Waals surface area contributed by atoms with Crippen LogP contribution < -0.4 is 10.1 Å². The molecule has 0 aromatic carbocycles. The van der Waals surface area contributed by atoms with Gasteiger partial charge in [0.2, 0.25) is 0 Å². The highest BCUT2D eigenvalue weighted by Gasteiger charge is 2.06. The number of imidazole rings is 1. The maximum Gasteiger partial charge on any atom is 0.144 e. The quantitative estimate of drug-likeness (QED) is 0.812. The molecule has 4 heteroatoms. The normalized spacial score (nSPS) is 10.8. The van der Waals surface area contributed by atoms with Crippen molar-refractivity contribution in [2.45, 2.75) is 6.42 Å². The first-order valence-electron chi connectivity index (χ1n) is 5.00. The van der Waals surface area contributed by atoms with Crippen molar-refractivity contribution in [3.05, 3.63) is 30.4 Å². The largest absolute Gasteiger partial charge is 0.494 e. The van der Waals surface area contributed by atoms with Crippen LogP contribution >= 0.6 is 0 Å². The Morgan fingerprint density at radius 3 is 3.13 bits per heavy atom. The van der Waals surface area contributed by atoms with Gasteiger partial charge in [-0.2, -0.15) is 0 Å². The molecule has 2 aromatic heterocycles. The van der Waals surface area contributed by atoms with E-state index in [-0.39, 0.29) is 0 Å². The summed E-state index contributed by atoms with van der Waals surface area (Å²) in [6.45, 7) is 0.927. The number of methoxy groups -OCH3 is 1. The lowest BCUT2D eigenvalue weighted by Crippen LogP contribution is -2.12. The standard InChI is InChI=1S/C11H15N3O/c1-12-6-5-11-13-8-9-10(15-2)4-3-7-14(9)11/h3-4,7-8,12H,5-6H2,1-2H3. The zero-order valence-corrected chi connectivity index (χ0v) is 9.03. The fraction of sp³-hybridized carbons (Fsp3) is 0.364. The number of fused-ring (bicyclic) bond motifs is 1. The van der Waals surface area contributed by atoms with Gasteiger partial charge in [-0.3, -0.25) is 0 Å². The smallest absolute Gasteiger partial charge is 0.144 e. The molecule has 0 saturated carbocycles. The van der Waals surface area contributed by atoms with Crippen molar-refractivity contribution in [2.24, 2.45) is 0 Å². The molecule has 80 valence electrons. The van der Waals surface area contributed by atoms with Crippen LogP contribution in [0.2, 0.25) is 0 Å². The SMILES string of the molecule is CNCCc1ncc2c(OC)cccn12. The van der Waals surface area contributed by atoms with Crippen molar-refractivity contribution < 1.29 is 4.74 Å². The molecule has 2 rings (SSSR count). The van der Waals surface area contributed by atoms with Gasteiger partial charge in [-0.1, -0.05) is 0 Å². The summed E-state index contributed by atoms with van der Waals surface area (Å²) in [5, 5.41) is 3.11. The third-order valence-corrected chi connectivity index (χ3v) is 2.43. The van der Waals surface area contributed by atoms with Gasteiger partial charge in [-0.05, 0) is 19.2 Å². The summed E-state index contributed by atoms with van der Waals surface area (Å²) in [6.07, 6.45) is 4.78. The third kappa shape index (κ3) is 1.80. The maximum atomic E-state index is 5.27. The molecule has 0 fully saturated rings. The van der Waals surface area contributed by atoms with Crippen molar-refractivity contribution in [2.75, 3.05) is 20.7 Å². The highest BCUT2D eigenvalue weighted by atomic mass is 16.5. The van der Waals surface area contributed by atoms with Crippen LogP contribution in [0.15, 0.2) is 24.5 Å². The van der Waals surface area contributed by atoms with Gasteiger partial charge in [0.15, 0.2) is 0 Å². The summed E-state index contributed by atoms with van der Waals surface area (Å²) in [4.78, 5) is 4.38. The second kappa shape index (κ2) is 4.31. The third-order valence-electron chi connectivity index (χ3n) is 2.43. The van der Waals surface area contributed by atoms with Crippen molar-refractivity contribution in [1.82, 2.24) is 14.7 Å². The number of likely N-dealkylation sites (N-methyl/N-ethyl adjacent to an activating group) is 1. The van der Waals surface area contributed by atoms with Gasteiger partial charge >= 0.3 is 0 Å². The fourth-order valence-corrected chi connectivity index (χ4v) is 1.64. The van der Waals surface area contributed by atoms with E-state index in [9.17, 15) is 0 Å². The van der Waals surface area contributed by atoms with Crippen LogP contribution in [0.25, 0.3) is 5.52 Å². The number of hydrogen-bond acceptors (Lipinski definition) is 3. The number of nitrogens with one attached hydrogen (secondary N) is 1. The molecule has 0 amide bonds. The minimum Gasteiger partial charge on any atom is -0.494 e. The summed E-state index contributed by atoms with van der Waals surface area (Å²) >= 11 is 0. The Labute approximate surface area is 88.9 Å². The molecule has 2 heterocycles. The van der Waals surface area contributed by atoms with Gasteiger partial charge in [0, 0.05) is 19.2 Å². The maximum absolute atomic E-state index is 5.27. The number of ether oxygens (including phenoxy) is 1. The fourth-order valence-electron chi connectivity index (χ4n) is 1.64. The summed E-state index contributed by atoms with van der Waals surface area (Å²) in [6, 6.07) is 3.91. The van der Waals surface area contributed by atoms with E-state index in [2.05, 4.69) is 14.7 Å². The minimum atomic E-state index is 0.862. The van der Waals surface area contributed by atoms with Crippen molar-refractivity contribution in [3.8, 4) is 5.75 Å². The van der Waals surface area contributed by atoms with Gasteiger partial charge in [-0.15, -0.1) is 0 Å². The van der Waals surface area contributed by atoms with Gasteiger partial charge in [0.25, 0.3) is 0 Å². The average molecular weight is 205 g/mol. The van der Waals surface area contributed by atoms with Gasteiger partial charge in [0.05, 0.1) is 13.3 Å². The molecule has 0 saturated heterocycles. The highest BCUT2D eigenvalue weighted by molar-refractivity contribution is 5.59. The highest BCUT2D eigenvalue weighted by Crippen LogP contribution is 2.19. The number of nitrogens with zero attached hydrogens (tertiary/aromatic N) is 2. The second-order valence-corrected chi connectivity index (χ2v) is 3.36. The average Bonchev–Trinajstić information content (AvgIpc) is 2.69. The van der Waals surface area contributed by atoms with Crippen LogP contribution in [0, 0.1) is 0 Å². The molecule has 0 unspecified atom stereocenters. The molecule has 0 atom stereocenters. The summed E-state index contributed by atoms with van der Waals surface area (Å²) < 4.78 is 7.33. The Balaban J connectivity index is 2.42. The van der Waals surface area contributed by atoms with Crippen LogP contribution in [-0.2, 0) is 6.42 Å². The Hall–Kier alpha value is -1.55. The Kier molecular flexibility index (Phi) is 2.87. The number of rotatable bonds is 4. The number of aromatic nitrogens is 2. The summed E-state index contributed by atoms with van der Waals surface area (Å²) in [7, 11) is 3.62. The molecule has 1 N–H and O–H groups in total. The lowest BCUT2D eigenvalue weighted by Gasteiger charge is -2.04. The minimum absolute atomic E-state index is 0.862. The van der Waals surface area contributed by atoms with E-state index < -0.39 is 0 Å². The van der Waals surface area contributed by atoms with Crippen LogP contribution in [0.1, 0.15) is 5.82 Å². The first-order valence-corrected chi connectivity index (χ1v) is 5.00. The Bertz CT molecular complexity index is 450. The van der Waals surface area contributed by atoms with Crippen molar-refractivity contribution in [1.29, 1.82) is 0 Å². The van der Waals surface area contributed by atoms with E-state index in [1.807, 2.05) is 31.6 Å². The lowest BCUT2D eigenvalue weighted by molar-refractivity contribution is 0.418. The molecule has 2 aromatic rings. The van der Waals surface area contributed by atoms with E-state index in [0.29, 0.717) is 0 Å². The van der Waals surface area contributed by atoms with Gasteiger partial charge < -0.3 is 14.5 Å². The van der Waals surface area contributed by atoms with Gasteiger partial charge in [-0.25, -0.2) is 4.98 Å². The molecular weight excluding hydrogens is 190 g/mol. The zero-order chi connectivity index (χ0) is 10.7. The molecule has 0 aliphatic heterocycles. The van der Waals surface area contributed by atoms with E-state index in [1.165, 1.54) is 0 Å². The number of pyridine rings is 1. The van der Waals surface area contributed by atoms with Crippen LogP contribution in [0.5, 0.6) is 5.75 Å². The lowest BCUT2D eigenvalue weighted by atomic mass is 10.3. The van der Waals surface area contributed by atoms with Gasteiger partial charge in [0.1, 0.15) is 17.1 Å². The second-order valence-electron chi connectivity index (χ2n) is 3.36. The first kappa shape index (κ1) is 9.98. The molecule has 15 heavy (non-hydrogen) atoms. The number of hydrogen-bond donors (Lipinski definition) is 1. The Morgan fingerprint density at radius 1 is 1.53 bits per heavy atom. The zero-order valence-electron chi connectivity index (χ0n) is 9.03. The molecule has 0 aliphatic carbocycles. The van der Waals surface area contributed by atoms with Crippen LogP contribution in [-0.4, -0.2) is 30.1 Å². The van der Waals surface area contributed by atoms with E-state index >= 15 is 0 Å². The Morgan fingerprint density at radius 2 is 2.40 bits per heavy atom. The van der Waals surface area contributed by atoms with E-state index in [0.717, 1.165) is 30.1 Å². The van der Waals surface area contributed by atoms with Crippen LogP contribution in [0.4, 0.5) is 0 Å². The summed E-state index contributed by atoms with van der Waals surface area (Å²) in [5.74, 6) is 1.92. The molecular formula is C11H15N3O. The summed E-state index contributed by atoms with van der Waals surface area (Å²) in [5.41, 5.74) is 1.02. The molecule has 0 spiro atoms. The predicted molar refractivity (Wildman–Crippen MR) is 59.4 cm³/mol. The first-order chi connectivity index (χ1) is 7.36. The predicted octanol–water partition coefficient (Wildman–Crippen LogP) is 1.10. The van der Waals surface area contributed by atoms with Crippen molar-refractivity contribution in [3.63, 3.8) is 0 Å². The van der Waals surface area contributed by atoms with E-state index in [4.69, 9.17) is 4.74 Å². The van der Waals surface area contributed by atoms with E-state index in [1.54, 1.807) is 7.11 Å². The monoisotopic (exact) mass is 205 g/mol.